The summed E-state index contributed by atoms with van der Waals surface area (Å²) in [6.45, 7) is 11.9. The van der Waals surface area contributed by atoms with Gasteiger partial charge in [0.2, 0.25) is 0 Å². The molecule has 1 aliphatic carbocycles. The van der Waals surface area contributed by atoms with E-state index in [0.717, 1.165) is 31.3 Å². The van der Waals surface area contributed by atoms with Crippen molar-refractivity contribution < 1.29 is 19.4 Å². The third-order valence-electron chi connectivity index (χ3n) is 5.76. The van der Waals surface area contributed by atoms with Gasteiger partial charge in [-0.25, -0.2) is 0 Å². The van der Waals surface area contributed by atoms with Gasteiger partial charge < -0.3 is 14.6 Å². The Morgan fingerprint density at radius 3 is 2.39 bits per heavy atom. The van der Waals surface area contributed by atoms with Crippen LogP contribution in [0.5, 0.6) is 0 Å². The predicted octanol–water partition coefficient (Wildman–Crippen LogP) is 3.78. The lowest BCUT2D eigenvalue weighted by molar-refractivity contribution is -0.140. The Bertz CT molecular complexity index is 446. The van der Waals surface area contributed by atoms with Crippen LogP contribution in [0, 0.1) is 5.92 Å². The Kier molecular flexibility index (Phi) is 6.64. The van der Waals surface area contributed by atoms with Crippen LogP contribution in [0.3, 0.4) is 0 Å². The highest BCUT2D eigenvalue weighted by Crippen LogP contribution is 2.44. The minimum atomic E-state index is -2.24. The first kappa shape index (κ1) is 20.4. The Balaban J connectivity index is 2.57. The first-order valence-electron chi connectivity index (χ1n) is 8.61. The SMILES string of the molecule is CC(=O)OCC1=CC[C@@H](C(C)(O)CCC(C)(C)[Si](C)(C)O)CC1. The second kappa shape index (κ2) is 7.49. The Morgan fingerprint density at radius 1 is 1.35 bits per heavy atom. The summed E-state index contributed by atoms with van der Waals surface area (Å²) in [6.07, 6.45) is 6.26. The smallest absolute Gasteiger partial charge is 0.302 e. The zero-order valence-electron chi connectivity index (χ0n) is 15.6. The summed E-state index contributed by atoms with van der Waals surface area (Å²) in [7, 11) is -2.24. The first-order valence-corrected chi connectivity index (χ1v) is 11.6. The number of ether oxygens (including phenoxy) is 1. The second-order valence-corrected chi connectivity index (χ2v) is 12.9. The van der Waals surface area contributed by atoms with Gasteiger partial charge in [-0.15, -0.1) is 0 Å². The highest BCUT2D eigenvalue weighted by Gasteiger charge is 2.41. The van der Waals surface area contributed by atoms with Gasteiger partial charge in [-0.3, -0.25) is 4.79 Å². The molecule has 0 fully saturated rings. The molecular formula is C18H34O4Si. The molecule has 0 saturated carbocycles. The Hall–Kier alpha value is -0.653. The maximum absolute atomic E-state index is 10.9. The van der Waals surface area contributed by atoms with Crippen molar-refractivity contribution in [1.82, 2.24) is 0 Å². The summed E-state index contributed by atoms with van der Waals surface area (Å²) in [5.74, 6) is -0.0270. The number of allylic oxidation sites excluding steroid dienone is 1. The Morgan fingerprint density at radius 2 is 1.96 bits per heavy atom. The van der Waals surface area contributed by atoms with Crippen LogP contribution in [-0.4, -0.2) is 36.4 Å². The van der Waals surface area contributed by atoms with E-state index in [2.05, 4.69) is 19.9 Å². The lowest BCUT2D eigenvalue weighted by atomic mass is 9.75. The summed E-state index contributed by atoms with van der Waals surface area (Å²) in [5, 5.41) is 10.8. The first-order chi connectivity index (χ1) is 10.3. The molecule has 0 radical (unpaired) electrons. The normalized spacial score (nSPS) is 22.3. The van der Waals surface area contributed by atoms with E-state index in [9.17, 15) is 14.7 Å². The van der Waals surface area contributed by atoms with Crippen molar-refractivity contribution in [3.8, 4) is 0 Å². The zero-order chi connectivity index (χ0) is 17.9. The molecule has 0 bridgehead atoms. The van der Waals surface area contributed by atoms with E-state index >= 15 is 0 Å². The maximum Gasteiger partial charge on any atom is 0.302 e. The van der Waals surface area contributed by atoms with Gasteiger partial charge in [0, 0.05) is 6.92 Å². The molecule has 0 aromatic carbocycles. The second-order valence-electron chi connectivity index (χ2n) is 8.41. The van der Waals surface area contributed by atoms with Gasteiger partial charge in [-0.2, -0.15) is 0 Å². The number of hydrogen-bond donors (Lipinski definition) is 2. The molecule has 2 N–H and O–H groups in total. The molecule has 0 amide bonds. The predicted molar refractivity (Wildman–Crippen MR) is 95.7 cm³/mol. The molecule has 2 atom stereocenters. The van der Waals surface area contributed by atoms with E-state index in [1.165, 1.54) is 6.92 Å². The quantitative estimate of drug-likeness (QED) is 0.420. The average Bonchev–Trinajstić information content (AvgIpc) is 2.42. The van der Waals surface area contributed by atoms with E-state index in [1.54, 1.807) is 0 Å². The summed E-state index contributed by atoms with van der Waals surface area (Å²) >= 11 is 0. The highest BCUT2D eigenvalue weighted by atomic mass is 28.4. The minimum absolute atomic E-state index is 0.109. The van der Waals surface area contributed by atoms with Crippen molar-refractivity contribution in [2.24, 2.45) is 5.92 Å². The van der Waals surface area contributed by atoms with Crippen LogP contribution in [0.25, 0.3) is 0 Å². The molecule has 4 nitrogen and oxygen atoms in total. The maximum atomic E-state index is 10.9. The number of esters is 1. The lowest BCUT2D eigenvalue weighted by Gasteiger charge is -2.40. The number of carbonyl (C=O) groups excluding carboxylic acids is 1. The van der Waals surface area contributed by atoms with Crippen LogP contribution in [0.2, 0.25) is 18.1 Å². The van der Waals surface area contributed by atoms with Crippen LogP contribution in [0.4, 0.5) is 0 Å². The van der Waals surface area contributed by atoms with Gasteiger partial charge >= 0.3 is 5.97 Å². The van der Waals surface area contributed by atoms with Gasteiger partial charge in [0.1, 0.15) is 6.61 Å². The monoisotopic (exact) mass is 342 g/mol. The van der Waals surface area contributed by atoms with Gasteiger partial charge in [0.05, 0.1) is 5.60 Å². The number of hydrogen-bond acceptors (Lipinski definition) is 4. The van der Waals surface area contributed by atoms with Crippen LogP contribution in [-0.2, 0) is 9.53 Å². The van der Waals surface area contributed by atoms with Gasteiger partial charge in [0.25, 0.3) is 0 Å². The minimum Gasteiger partial charge on any atom is -0.461 e. The fraction of sp³-hybridized carbons (Fsp3) is 0.833. The Labute approximate surface area is 142 Å². The van der Waals surface area contributed by atoms with Crippen LogP contribution in [0.1, 0.15) is 59.8 Å². The van der Waals surface area contributed by atoms with E-state index in [4.69, 9.17) is 4.74 Å². The molecule has 1 rings (SSSR count). The van der Waals surface area contributed by atoms with Crippen molar-refractivity contribution in [2.75, 3.05) is 6.61 Å². The van der Waals surface area contributed by atoms with E-state index in [0.29, 0.717) is 13.0 Å². The fourth-order valence-electron chi connectivity index (χ4n) is 2.85. The van der Waals surface area contributed by atoms with Gasteiger partial charge in [0.15, 0.2) is 8.32 Å². The van der Waals surface area contributed by atoms with Crippen molar-refractivity contribution in [2.45, 2.75) is 83.5 Å². The fourth-order valence-corrected chi connectivity index (χ4v) is 3.59. The molecule has 0 spiro atoms. The molecule has 0 aliphatic heterocycles. The summed E-state index contributed by atoms with van der Waals surface area (Å²) < 4.78 is 5.04. The molecule has 1 aliphatic rings. The van der Waals surface area contributed by atoms with Gasteiger partial charge in [-0.05, 0) is 68.7 Å². The molecule has 23 heavy (non-hydrogen) atoms. The highest BCUT2D eigenvalue weighted by molar-refractivity contribution is 6.72. The molecule has 0 aromatic rings. The number of carbonyl (C=O) groups is 1. The molecule has 0 aromatic heterocycles. The molecule has 134 valence electrons. The number of aliphatic hydroxyl groups is 1. The van der Waals surface area contributed by atoms with Crippen LogP contribution in [0.15, 0.2) is 11.6 Å². The van der Waals surface area contributed by atoms with E-state index < -0.39 is 13.9 Å². The lowest BCUT2D eigenvalue weighted by Crippen LogP contribution is -2.42. The third-order valence-corrected chi connectivity index (χ3v) is 9.32. The summed E-state index contributed by atoms with van der Waals surface area (Å²) in [4.78, 5) is 21.3. The molecule has 0 saturated heterocycles. The third kappa shape index (κ3) is 6.05. The molecule has 0 heterocycles. The van der Waals surface area contributed by atoms with Crippen LogP contribution < -0.4 is 0 Å². The molecule has 1 unspecified atom stereocenters. The van der Waals surface area contributed by atoms with E-state index in [1.807, 2.05) is 20.0 Å². The van der Waals surface area contributed by atoms with Crippen molar-refractivity contribution in [3.05, 3.63) is 11.6 Å². The van der Waals surface area contributed by atoms with Crippen molar-refractivity contribution >= 4 is 14.3 Å². The van der Waals surface area contributed by atoms with Crippen LogP contribution >= 0.6 is 0 Å². The zero-order valence-corrected chi connectivity index (χ0v) is 16.6. The standard InChI is InChI=1S/C18H34O4Si/c1-14(19)22-13-15-7-9-16(10-8-15)18(4,20)12-11-17(2,3)23(5,6)21/h7,16,20-21H,8-13H2,1-6H3/t16-,18?/m1/s1. The van der Waals surface area contributed by atoms with Crippen molar-refractivity contribution in [1.29, 1.82) is 0 Å². The average molecular weight is 343 g/mol. The largest absolute Gasteiger partial charge is 0.461 e. The van der Waals surface area contributed by atoms with E-state index in [-0.39, 0.29) is 16.9 Å². The number of rotatable bonds is 7. The van der Waals surface area contributed by atoms with Crippen molar-refractivity contribution in [3.63, 3.8) is 0 Å². The molecular weight excluding hydrogens is 308 g/mol. The topological polar surface area (TPSA) is 66.8 Å². The molecule has 5 heteroatoms. The van der Waals surface area contributed by atoms with Gasteiger partial charge in [-0.1, -0.05) is 19.9 Å². The summed E-state index contributed by atoms with van der Waals surface area (Å²) in [6, 6.07) is 0. The summed E-state index contributed by atoms with van der Waals surface area (Å²) in [5.41, 5.74) is 0.428.